The van der Waals surface area contributed by atoms with Gasteiger partial charge < -0.3 is 15.7 Å². The summed E-state index contributed by atoms with van der Waals surface area (Å²) in [7, 11) is 0. The lowest BCUT2D eigenvalue weighted by Crippen LogP contribution is -2.50. The fraction of sp³-hybridized carbons (Fsp3) is 0.929. The van der Waals surface area contributed by atoms with Gasteiger partial charge in [0.1, 0.15) is 0 Å². The molecule has 1 amide bonds. The van der Waals surface area contributed by atoms with Crippen molar-refractivity contribution in [2.45, 2.75) is 38.1 Å². The predicted octanol–water partition coefficient (Wildman–Crippen LogP) is 0.591. The van der Waals surface area contributed by atoms with Crippen LogP contribution in [0, 0.1) is 23.7 Å². The summed E-state index contributed by atoms with van der Waals surface area (Å²) in [5.74, 6) is 1.74. The molecule has 3 aliphatic rings. The van der Waals surface area contributed by atoms with Crippen LogP contribution in [0.1, 0.15) is 32.1 Å². The lowest BCUT2D eigenvalue weighted by molar-refractivity contribution is -0.139. The molecule has 102 valence electrons. The highest BCUT2D eigenvalue weighted by Crippen LogP contribution is 2.48. The summed E-state index contributed by atoms with van der Waals surface area (Å²) in [5.41, 5.74) is 6.24. The summed E-state index contributed by atoms with van der Waals surface area (Å²) in [6, 6.07) is 0.0887. The minimum Gasteiger partial charge on any atom is -0.396 e. The van der Waals surface area contributed by atoms with E-state index in [0.717, 1.165) is 32.4 Å². The highest BCUT2D eigenvalue weighted by molar-refractivity contribution is 5.80. The summed E-state index contributed by atoms with van der Waals surface area (Å²) in [5, 5.41) is 9.25. The average molecular weight is 252 g/mol. The van der Waals surface area contributed by atoms with E-state index in [2.05, 4.69) is 0 Å². The fourth-order valence-corrected chi connectivity index (χ4v) is 4.33. The maximum Gasteiger partial charge on any atom is 0.227 e. The zero-order valence-electron chi connectivity index (χ0n) is 10.9. The summed E-state index contributed by atoms with van der Waals surface area (Å²) in [6.45, 7) is 1.79. The van der Waals surface area contributed by atoms with E-state index in [1.807, 2.05) is 4.90 Å². The normalized spacial score (nSPS) is 43.4. The fourth-order valence-electron chi connectivity index (χ4n) is 4.33. The number of carbonyl (C=O) groups excluding carboxylic acids is 1. The Morgan fingerprint density at radius 3 is 2.72 bits per heavy atom. The van der Waals surface area contributed by atoms with Crippen molar-refractivity contribution in [2.24, 2.45) is 29.4 Å². The van der Waals surface area contributed by atoms with Crippen LogP contribution in [0.5, 0.6) is 0 Å². The van der Waals surface area contributed by atoms with Crippen LogP contribution in [0.2, 0.25) is 0 Å². The van der Waals surface area contributed by atoms with Crippen LogP contribution >= 0.6 is 0 Å². The van der Waals surface area contributed by atoms with Crippen LogP contribution in [-0.4, -0.2) is 41.7 Å². The minimum absolute atomic E-state index is 0.0705. The molecule has 3 rings (SSSR count). The van der Waals surface area contributed by atoms with E-state index >= 15 is 0 Å². The molecule has 2 saturated carbocycles. The third-order valence-corrected chi connectivity index (χ3v) is 5.35. The van der Waals surface area contributed by atoms with Crippen molar-refractivity contribution in [1.82, 2.24) is 4.90 Å². The molecule has 3 fully saturated rings. The number of hydrogen-bond donors (Lipinski definition) is 2. The molecule has 5 atom stereocenters. The molecule has 1 saturated heterocycles. The number of aliphatic hydroxyl groups is 1. The molecule has 0 spiro atoms. The smallest absolute Gasteiger partial charge is 0.227 e. The molecule has 2 bridgehead atoms. The van der Waals surface area contributed by atoms with Gasteiger partial charge in [-0.2, -0.15) is 0 Å². The van der Waals surface area contributed by atoms with Crippen LogP contribution < -0.4 is 5.73 Å². The highest BCUT2D eigenvalue weighted by atomic mass is 16.3. The first-order chi connectivity index (χ1) is 8.70. The number of aliphatic hydroxyl groups excluding tert-OH is 1. The van der Waals surface area contributed by atoms with Crippen LogP contribution in [-0.2, 0) is 4.79 Å². The Hall–Kier alpha value is -0.610. The zero-order chi connectivity index (χ0) is 12.7. The molecule has 1 aliphatic heterocycles. The topological polar surface area (TPSA) is 66.6 Å². The molecule has 0 aromatic rings. The molecule has 5 unspecified atom stereocenters. The van der Waals surface area contributed by atoms with Crippen LogP contribution in [0.3, 0.4) is 0 Å². The zero-order valence-corrected chi connectivity index (χ0v) is 10.9. The van der Waals surface area contributed by atoms with Crippen molar-refractivity contribution in [2.75, 3.05) is 19.7 Å². The lowest BCUT2D eigenvalue weighted by atomic mass is 9.83. The van der Waals surface area contributed by atoms with Gasteiger partial charge in [0, 0.05) is 25.7 Å². The molecule has 4 nitrogen and oxygen atoms in total. The highest BCUT2D eigenvalue weighted by Gasteiger charge is 2.50. The van der Waals surface area contributed by atoms with E-state index in [4.69, 9.17) is 5.73 Å². The van der Waals surface area contributed by atoms with Crippen molar-refractivity contribution in [3.8, 4) is 0 Å². The molecule has 0 aromatic heterocycles. The Labute approximate surface area is 109 Å². The Balaban J connectivity index is 1.67. The molecule has 18 heavy (non-hydrogen) atoms. The van der Waals surface area contributed by atoms with Gasteiger partial charge in [-0.3, -0.25) is 4.79 Å². The van der Waals surface area contributed by atoms with E-state index in [1.165, 1.54) is 12.8 Å². The number of piperidine rings is 1. The first-order valence-electron chi connectivity index (χ1n) is 7.36. The van der Waals surface area contributed by atoms with Gasteiger partial charge in [0.15, 0.2) is 0 Å². The van der Waals surface area contributed by atoms with Crippen molar-refractivity contribution >= 4 is 5.91 Å². The van der Waals surface area contributed by atoms with E-state index in [1.54, 1.807) is 0 Å². The number of rotatable bonds is 2. The molecule has 3 N–H and O–H groups in total. The molecule has 1 heterocycles. The second-order valence-corrected chi connectivity index (χ2v) is 6.41. The Bertz CT molecular complexity index is 332. The van der Waals surface area contributed by atoms with Crippen LogP contribution in [0.15, 0.2) is 0 Å². The number of nitrogens with zero attached hydrogens (tertiary/aromatic N) is 1. The first kappa shape index (κ1) is 12.4. The number of amides is 1. The molecular formula is C14H24N2O2. The minimum atomic E-state index is 0.0705. The summed E-state index contributed by atoms with van der Waals surface area (Å²) in [4.78, 5) is 14.6. The first-order valence-corrected chi connectivity index (χ1v) is 7.36. The summed E-state index contributed by atoms with van der Waals surface area (Å²) in [6.07, 6.45) is 5.63. The average Bonchev–Trinajstić information content (AvgIpc) is 2.99. The van der Waals surface area contributed by atoms with Gasteiger partial charge in [-0.25, -0.2) is 0 Å². The molecular weight excluding hydrogens is 228 g/mol. The summed E-state index contributed by atoms with van der Waals surface area (Å²) >= 11 is 0. The Morgan fingerprint density at radius 2 is 2.06 bits per heavy atom. The molecule has 4 heteroatoms. The van der Waals surface area contributed by atoms with E-state index in [9.17, 15) is 9.90 Å². The largest absolute Gasteiger partial charge is 0.396 e. The van der Waals surface area contributed by atoms with Gasteiger partial charge in [0.05, 0.1) is 5.92 Å². The van der Waals surface area contributed by atoms with Crippen molar-refractivity contribution < 1.29 is 9.90 Å². The molecule has 2 aliphatic carbocycles. The number of fused-ring (bicyclic) bond motifs is 2. The quantitative estimate of drug-likeness (QED) is 0.756. The van der Waals surface area contributed by atoms with Crippen LogP contribution in [0.25, 0.3) is 0 Å². The second kappa shape index (κ2) is 4.82. The van der Waals surface area contributed by atoms with Crippen molar-refractivity contribution in [1.29, 1.82) is 0 Å². The molecule has 0 radical (unpaired) electrons. The van der Waals surface area contributed by atoms with Gasteiger partial charge >= 0.3 is 0 Å². The van der Waals surface area contributed by atoms with Gasteiger partial charge in [0.25, 0.3) is 0 Å². The monoisotopic (exact) mass is 252 g/mol. The van der Waals surface area contributed by atoms with Crippen LogP contribution in [0.4, 0.5) is 0 Å². The number of carbonyl (C=O) groups is 1. The molecule has 0 aromatic carbocycles. The maximum absolute atomic E-state index is 12.6. The van der Waals surface area contributed by atoms with Gasteiger partial charge in [0.2, 0.25) is 5.91 Å². The third-order valence-electron chi connectivity index (χ3n) is 5.35. The number of nitrogens with two attached hydrogens (primary N) is 1. The van der Waals surface area contributed by atoms with Gasteiger partial charge in [-0.05, 0) is 49.9 Å². The van der Waals surface area contributed by atoms with E-state index < -0.39 is 0 Å². The van der Waals surface area contributed by atoms with Crippen molar-refractivity contribution in [3.05, 3.63) is 0 Å². The SMILES string of the molecule is NC1C2CCC(C2)C1C(=O)N1CCCC(CO)C1. The maximum atomic E-state index is 12.6. The predicted molar refractivity (Wildman–Crippen MR) is 68.7 cm³/mol. The standard InChI is InChI=1S/C14H24N2O2/c15-13-11-4-3-10(6-11)12(13)14(18)16-5-1-2-9(7-16)8-17/h9-13,17H,1-8,15H2. The van der Waals surface area contributed by atoms with E-state index in [0.29, 0.717) is 11.8 Å². The second-order valence-electron chi connectivity index (χ2n) is 6.41. The summed E-state index contributed by atoms with van der Waals surface area (Å²) < 4.78 is 0. The van der Waals surface area contributed by atoms with E-state index in [-0.39, 0.29) is 30.4 Å². The van der Waals surface area contributed by atoms with Gasteiger partial charge in [-0.1, -0.05) is 0 Å². The van der Waals surface area contributed by atoms with Gasteiger partial charge in [-0.15, -0.1) is 0 Å². The third kappa shape index (κ3) is 1.95. The Morgan fingerprint density at radius 1 is 1.28 bits per heavy atom. The number of likely N-dealkylation sites (tertiary alicyclic amines) is 1. The van der Waals surface area contributed by atoms with Crippen molar-refractivity contribution in [3.63, 3.8) is 0 Å². The number of hydrogen-bond acceptors (Lipinski definition) is 3. The lowest BCUT2D eigenvalue weighted by Gasteiger charge is -2.37. The Kier molecular flexibility index (Phi) is 3.32.